The second-order valence-corrected chi connectivity index (χ2v) is 5.02. The molecule has 19 heavy (non-hydrogen) atoms. The van der Waals surface area contributed by atoms with Gasteiger partial charge in [0.05, 0.1) is 19.3 Å². The van der Waals surface area contributed by atoms with Gasteiger partial charge in [0.25, 0.3) is 0 Å². The van der Waals surface area contributed by atoms with Gasteiger partial charge in [-0.25, -0.2) is 0 Å². The van der Waals surface area contributed by atoms with Crippen molar-refractivity contribution in [1.82, 2.24) is 0 Å². The number of aliphatic hydroxyl groups is 1. The van der Waals surface area contributed by atoms with Gasteiger partial charge in [-0.1, -0.05) is 18.2 Å². The Hall–Kier alpha value is -1.57. The molecular weight excluding hydrogens is 242 g/mol. The van der Waals surface area contributed by atoms with Gasteiger partial charge in [-0.3, -0.25) is 0 Å². The van der Waals surface area contributed by atoms with Gasteiger partial charge < -0.3 is 14.6 Å². The Labute approximate surface area is 113 Å². The van der Waals surface area contributed by atoms with Crippen LogP contribution < -0.4 is 4.74 Å². The van der Waals surface area contributed by atoms with E-state index in [1.54, 1.807) is 6.92 Å². The Morgan fingerprint density at radius 1 is 1.53 bits per heavy atom. The molecule has 0 spiro atoms. The number of fused-ring (bicyclic) bond motifs is 1. The van der Waals surface area contributed by atoms with Gasteiger partial charge >= 0.3 is 0 Å². The second-order valence-electron chi connectivity index (χ2n) is 5.02. The summed E-state index contributed by atoms with van der Waals surface area (Å²) in [5.41, 5.74) is -1.50. The summed E-state index contributed by atoms with van der Waals surface area (Å²) in [7, 11) is 0. The Morgan fingerprint density at radius 3 is 2.95 bits per heavy atom. The number of para-hydroxylation sites is 1. The van der Waals surface area contributed by atoms with E-state index in [0.717, 1.165) is 5.56 Å². The average Bonchev–Trinajstić information content (AvgIpc) is 2.44. The van der Waals surface area contributed by atoms with Gasteiger partial charge in [0.2, 0.25) is 0 Å². The minimum Gasteiger partial charge on any atom is -0.493 e. The summed E-state index contributed by atoms with van der Waals surface area (Å²) in [6.45, 7) is 4.59. The van der Waals surface area contributed by atoms with Crippen LogP contribution in [-0.4, -0.2) is 30.5 Å². The summed E-state index contributed by atoms with van der Waals surface area (Å²) >= 11 is 0. The number of ether oxygens (including phenoxy) is 2. The molecule has 0 aromatic heterocycles. The number of benzene rings is 1. The lowest BCUT2D eigenvalue weighted by Crippen LogP contribution is -2.54. The lowest BCUT2D eigenvalue weighted by molar-refractivity contribution is -0.0776. The highest BCUT2D eigenvalue weighted by molar-refractivity contribution is 5.48. The Bertz CT molecular complexity index is 492. The van der Waals surface area contributed by atoms with Crippen molar-refractivity contribution in [1.29, 1.82) is 5.26 Å². The summed E-state index contributed by atoms with van der Waals surface area (Å²) < 4.78 is 10.9. The molecule has 102 valence electrons. The summed E-state index contributed by atoms with van der Waals surface area (Å²) in [6.07, 6.45) is 0.459. The topological polar surface area (TPSA) is 62.5 Å². The van der Waals surface area contributed by atoms with Crippen molar-refractivity contribution in [2.45, 2.75) is 31.3 Å². The molecule has 0 amide bonds. The van der Waals surface area contributed by atoms with Crippen LogP contribution in [0.4, 0.5) is 0 Å². The third-order valence-corrected chi connectivity index (χ3v) is 3.78. The monoisotopic (exact) mass is 261 g/mol. The number of rotatable bonds is 4. The molecule has 1 aromatic rings. The smallest absolute Gasteiger partial charge is 0.124 e. The van der Waals surface area contributed by atoms with Gasteiger partial charge in [0.1, 0.15) is 16.8 Å². The first kappa shape index (κ1) is 13.9. The van der Waals surface area contributed by atoms with Crippen LogP contribution in [0.25, 0.3) is 0 Å². The SMILES string of the molecule is CCOCC(C)(O)C1(C#N)CCOc2ccccc21. The predicted molar refractivity (Wildman–Crippen MR) is 71.0 cm³/mol. The van der Waals surface area contributed by atoms with Gasteiger partial charge in [0, 0.05) is 18.6 Å². The van der Waals surface area contributed by atoms with Crippen molar-refractivity contribution < 1.29 is 14.6 Å². The zero-order valence-corrected chi connectivity index (χ0v) is 11.3. The fourth-order valence-corrected chi connectivity index (χ4v) is 2.61. The van der Waals surface area contributed by atoms with Crippen molar-refractivity contribution in [3.63, 3.8) is 0 Å². The molecule has 0 fully saturated rings. The Morgan fingerprint density at radius 2 is 2.26 bits per heavy atom. The molecule has 0 bridgehead atoms. The molecule has 0 aliphatic carbocycles. The molecule has 4 nitrogen and oxygen atoms in total. The molecular formula is C15H19NO3. The molecule has 1 aromatic carbocycles. The highest BCUT2D eigenvalue weighted by Gasteiger charge is 2.52. The highest BCUT2D eigenvalue weighted by Crippen LogP contribution is 2.45. The minimum absolute atomic E-state index is 0.130. The van der Waals surface area contributed by atoms with E-state index < -0.39 is 11.0 Å². The first-order valence-electron chi connectivity index (χ1n) is 6.51. The van der Waals surface area contributed by atoms with Crippen LogP contribution in [0.15, 0.2) is 24.3 Å². The number of hydrogen-bond donors (Lipinski definition) is 1. The minimum atomic E-state index is -1.25. The van der Waals surface area contributed by atoms with Crippen LogP contribution in [0.1, 0.15) is 25.8 Å². The summed E-state index contributed by atoms with van der Waals surface area (Å²) in [5.74, 6) is 0.673. The molecule has 2 unspecified atom stereocenters. The Kier molecular flexibility index (Phi) is 3.79. The predicted octanol–water partition coefficient (Wildman–Crippen LogP) is 2.02. The fraction of sp³-hybridized carbons (Fsp3) is 0.533. The van der Waals surface area contributed by atoms with Crippen LogP contribution in [-0.2, 0) is 10.2 Å². The first-order valence-corrected chi connectivity index (χ1v) is 6.51. The molecule has 2 rings (SSSR count). The normalized spacial score (nSPS) is 24.7. The molecule has 1 heterocycles. The lowest BCUT2D eigenvalue weighted by atomic mass is 9.66. The summed E-state index contributed by atoms with van der Waals surface area (Å²) in [5, 5.41) is 20.5. The zero-order chi connectivity index (χ0) is 13.9. The van der Waals surface area contributed by atoms with E-state index in [0.29, 0.717) is 25.4 Å². The molecule has 0 saturated heterocycles. The number of nitrogens with zero attached hydrogens (tertiary/aromatic N) is 1. The Balaban J connectivity index is 2.48. The van der Waals surface area contributed by atoms with Gasteiger partial charge in [-0.2, -0.15) is 5.26 Å². The highest BCUT2D eigenvalue weighted by atomic mass is 16.5. The third kappa shape index (κ3) is 2.20. The lowest BCUT2D eigenvalue weighted by Gasteiger charge is -2.43. The second kappa shape index (κ2) is 5.20. The van der Waals surface area contributed by atoms with E-state index in [9.17, 15) is 10.4 Å². The van der Waals surface area contributed by atoms with E-state index in [-0.39, 0.29) is 6.61 Å². The molecule has 4 heteroatoms. The van der Waals surface area contributed by atoms with Crippen molar-refractivity contribution in [2.24, 2.45) is 0 Å². The molecule has 0 radical (unpaired) electrons. The average molecular weight is 261 g/mol. The maximum Gasteiger partial charge on any atom is 0.124 e. The fourth-order valence-electron chi connectivity index (χ4n) is 2.61. The van der Waals surface area contributed by atoms with Crippen LogP contribution in [0, 0.1) is 11.3 Å². The molecule has 0 saturated carbocycles. The quantitative estimate of drug-likeness (QED) is 0.900. The van der Waals surface area contributed by atoms with E-state index >= 15 is 0 Å². The number of nitriles is 1. The first-order chi connectivity index (χ1) is 9.07. The van der Waals surface area contributed by atoms with E-state index in [1.807, 2.05) is 31.2 Å². The molecule has 2 atom stereocenters. The maximum absolute atomic E-state index is 10.8. The van der Waals surface area contributed by atoms with Crippen LogP contribution in [0.5, 0.6) is 5.75 Å². The molecule has 1 N–H and O–H groups in total. The van der Waals surface area contributed by atoms with Gasteiger partial charge in [-0.15, -0.1) is 0 Å². The van der Waals surface area contributed by atoms with Crippen molar-refractivity contribution >= 4 is 0 Å². The van der Waals surface area contributed by atoms with E-state index in [2.05, 4.69) is 6.07 Å². The van der Waals surface area contributed by atoms with Gasteiger partial charge in [-0.05, 0) is 19.9 Å². The van der Waals surface area contributed by atoms with Crippen LogP contribution >= 0.6 is 0 Å². The largest absolute Gasteiger partial charge is 0.493 e. The van der Waals surface area contributed by atoms with Crippen molar-refractivity contribution in [2.75, 3.05) is 19.8 Å². The number of hydrogen-bond acceptors (Lipinski definition) is 4. The van der Waals surface area contributed by atoms with Crippen LogP contribution in [0.2, 0.25) is 0 Å². The molecule has 1 aliphatic rings. The summed E-state index contributed by atoms with van der Waals surface area (Å²) in [6, 6.07) is 9.71. The van der Waals surface area contributed by atoms with Gasteiger partial charge in [0.15, 0.2) is 0 Å². The van der Waals surface area contributed by atoms with Crippen molar-refractivity contribution in [3.8, 4) is 11.8 Å². The van der Waals surface area contributed by atoms with Crippen molar-refractivity contribution in [3.05, 3.63) is 29.8 Å². The van der Waals surface area contributed by atoms with E-state index in [4.69, 9.17) is 9.47 Å². The standard InChI is InChI=1S/C15H19NO3/c1-3-18-11-14(2,17)15(10-16)8-9-19-13-7-5-4-6-12(13)15/h4-7,17H,3,8-9,11H2,1-2H3. The zero-order valence-electron chi connectivity index (χ0n) is 11.3. The summed E-state index contributed by atoms with van der Waals surface area (Å²) in [4.78, 5) is 0. The van der Waals surface area contributed by atoms with Crippen LogP contribution in [0.3, 0.4) is 0 Å². The third-order valence-electron chi connectivity index (χ3n) is 3.78. The maximum atomic E-state index is 10.8. The van der Waals surface area contributed by atoms with E-state index in [1.165, 1.54) is 0 Å². The molecule has 1 aliphatic heterocycles.